The first-order chi connectivity index (χ1) is 15.0. The van der Waals surface area contributed by atoms with Gasteiger partial charge in [0.1, 0.15) is 5.75 Å². The topological polar surface area (TPSA) is 89.1 Å². The smallest absolute Gasteiger partial charge is 0.338 e. The van der Waals surface area contributed by atoms with Gasteiger partial charge in [0.25, 0.3) is 5.91 Å². The molecule has 0 bridgehead atoms. The van der Waals surface area contributed by atoms with E-state index in [9.17, 15) is 9.59 Å². The van der Waals surface area contributed by atoms with Gasteiger partial charge in [0, 0.05) is 18.7 Å². The molecule has 0 unspecified atom stereocenters. The second kappa shape index (κ2) is 10.7. The lowest BCUT2D eigenvalue weighted by atomic mass is 10.1. The van der Waals surface area contributed by atoms with Crippen molar-refractivity contribution in [3.8, 4) is 5.75 Å². The number of rotatable bonds is 6. The molecule has 31 heavy (non-hydrogen) atoms. The highest BCUT2D eigenvalue weighted by molar-refractivity contribution is 7.80. The molecule has 1 aliphatic heterocycles. The minimum absolute atomic E-state index is 0.114. The molecule has 0 radical (unpaired) electrons. The molecule has 0 spiro atoms. The number of amides is 1. The largest absolute Gasteiger partial charge is 0.497 e. The van der Waals surface area contributed by atoms with E-state index in [0.29, 0.717) is 48.9 Å². The zero-order chi connectivity index (χ0) is 22.2. The van der Waals surface area contributed by atoms with E-state index in [-0.39, 0.29) is 17.6 Å². The zero-order valence-corrected chi connectivity index (χ0v) is 18.3. The van der Waals surface area contributed by atoms with Gasteiger partial charge in [0.2, 0.25) is 0 Å². The Morgan fingerprint density at radius 2 is 1.90 bits per heavy atom. The molecule has 1 fully saturated rings. The highest BCUT2D eigenvalue weighted by Crippen LogP contribution is 2.28. The Kier molecular flexibility index (Phi) is 7.80. The van der Waals surface area contributed by atoms with E-state index in [1.54, 1.807) is 43.3 Å². The maximum absolute atomic E-state index is 12.6. The monoisotopic (exact) mass is 443 g/mol. The Balaban J connectivity index is 1.79. The third kappa shape index (κ3) is 5.93. The van der Waals surface area contributed by atoms with E-state index in [2.05, 4.69) is 15.5 Å². The zero-order valence-electron chi connectivity index (χ0n) is 17.5. The van der Waals surface area contributed by atoms with Gasteiger partial charge in [-0.15, -0.1) is 0 Å². The van der Waals surface area contributed by atoms with E-state index in [1.807, 2.05) is 6.07 Å². The number of hydrogen-bond donors (Lipinski definition) is 2. The number of esters is 1. The number of carbonyl (C=O) groups is 2. The highest BCUT2D eigenvalue weighted by Gasteiger charge is 2.19. The lowest BCUT2D eigenvalue weighted by Gasteiger charge is -2.31. The standard InChI is InChI=1S/C22H25N3O5S/c1-3-30-21(27)16-7-8-19(25-9-11-29-12-10-25)18(14-16)23-22(31)24-20(26)15-5-4-6-17(13-15)28-2/h4-8,13-14H,3,9-12H2,1-2H3,(H2,23,24,26,31). The van der Waals surface area contributed by atoms with Gasteiger partial charge < -0.3 is 24.4 Å². The van der Waals surface area contributed by atoms with E-state index in [0.717, 1.165) is 5.69 Å². The number of hydrogen-bond acceptors (Lipinski definition) is 7. The number of benzene rings is 2. The molecule has 3 rings (SSSR count). The van der Waals surface area contributed by atoms with Crippen molar-refractivity contribution in [3.05, 3.63) is 53.6 Å². The molecular weight excluding hydrogens is 418 g/mol. The van der Waals surface area contributed by atoms with Crippen LogP contribution in [0.1, 0.15) is 27.6 Å². The van der Waals surface area contributed by atoms with Crippen LogP contribution in [0.3, 0.4) is 0 Å². The molecule has 1 saturated heterocycles. The summed E-state index contributed by atoms with van der Waals surface area (Å²) in [5.74, 6) is -0.223. The summed E-state index contributed by atoms with van der Waals surface area (Å²) in [5.41, 5.74) is 2.26. The maximum Gasteiger partial charge on any atom is 0.338 e. The number of carbonyl (C=O) groups excluding carboxylic acids is 2. The van der Waals surface area contributed by atoms with Crippen LogP contribution in [0.4, 0.5) is 11.4 Å². The second-order valence-electron chi connectivity index (χ2n) is 6.69. The molecule has 164 valence electrons. The predicted molar refractivity (Wildman–Crippen MR) is 122 cm³/mol. The lowest BCUT2D eigenvalue weighted by molar-refractivity contribution is 0.0526. The summed E-state index contributed by atoms with van der Waals surface area (Å²) < 4.78 is 15.7. The van der Waals surface area contributed by atoms with Crippen molar-refractivity contribution < 1.29 is 23.8 Å². The summed E-state index contributed by atoms with van der Waals surface area (Å²) in [4.78, 5) is 26.9. The Labute approximate surface area is 186 Å². The van der Waals surface area contributed by atoms with Crippen molar-refractivity contribution in [3.63, 3.8) is 0 Å². The predicted octanol–water partition coefficient (Wildman–Crippen LogP) is 2.84. The fourth-order valence-electron chi connectivity index (χ4n) is 3.15. The molecule has 2 aromatic rings. The molecule has 1 heterocycles. The van der Waals surface area contributed by atoms with Crippen LogP contribution in [0, 0.1) is 0 Å². The van der Waals surface area contributed by atoms with Crippen molar-refractivity contribution in [1.82, 2.24) is 5.32 Å². The van der Waals surface area contributed by atoms with Gasteiger partial charge in [0.05, 0.1) is 43.9 Å². The summed E-state index contributed by atoms with van der Waals surface area (Å²) >= 11 is 5.36. The van der Waals surface area contributed by atoms with E-state index in [4.69, 9.17) is 26.4 Å². The van der Waals surface area contributed by atoms with Crippen LogP contribution >= 0.6 is 12.2 Å². The number of nitrogens with zero attached hydrogens (tertiary/aromatic N) is 1. The molecule has 0 saturated carbocycles. The van der Waals surface area contributed by atoms with Crippen LogP contribution in [0.25, 0.3) is 0 Å². The third-order valence-electron chi connectivity index (χ3n) is 4.67. The fourth-order valence-corrected chi connectivity index (χ4v) is 3.35. The fraction of sp³-hybridized carbons (Fsp3) is 0.318. The van der Waals surface area contributed by atoms with Crippen molar-refractivity contribution in [1.29, 1.82) is 0 Å². The normalized spacial score (nSPS) is 13.3. The first-order valence-electron chi connectivity index (χ1n) is 9.92. The highest BCUT2D eigenvalue weighted by atomic mass is 32.1. The lowest BCUT2D eigenvalue weighted by Crippen LogP contribution is -2.38. The average Bonchev–Trinajstić information content (AvgIpc) is 2.79. The first kappa shape index (κ1) is 22.5. The first-order valence-corrected chi connectivity index (χ1v) is 10.3. The molecule has 1 amide bonds. The minimum Gasteiger partial charge on any atom is -0.497 e. The van der Waals surface area contributed by atoms with Crippen molar-refractivity contribution in [2.24, 2.45) is 0 Å². The molecule has 1 aliphatic rings. The third-order valence-corrected chi connectivity index (χ3v) is 4.87. The van der Waals surface area contributed by atoms with Gasteiger partial charge >= 0.3 is 5.97 Å². The number of ether oxygens (including phenoxy) is 3. The van der Waals surface area contributed by atoms with Crippen LogP contribution in [0.2, 0.25) is 0 Å². The molecular formula is C22H25N3O5S. The van der Waals surface area contributed by atoms with E-state index >= 15 is 0 Å². The summed E-state index contributed by atoms with van der Waals surface area (Å²) in [7, 11) is 1.53. The molecule has 9 heteroatoms. The molecule has 2 aromatic carbocycles. The molecule has 2 N–H and O–H groups in total. The van der Waals surface area contributed by atoms with Gasteiger partial charge in [-0.3, -0.25) is 10.1 Å². The summed E-state index contributed by atoms with van der Waals surface area (Å²) in [6.07, 6.45) is 0. The second-order valence-corrected chi connectivity index (χ2v) is 7.10. The van der Waals surface area contributed by atoms with Gasteiger partial charge in [-0.25, -0.2) is 4.79 Å². The van der Waals surface area contributed by atoms with Crippen LogP contribution in [-0.4, -0.2) is 57.0 Å². The van der Waals surface area contributed by atoms with Gasteiger partial charge in [0.15, 0.2) is 5.11 Å². The van der Waals surface area contributed by atoms with E-state index < -0.39 is 5.97 Å². The molecule has 0 aromatic heterocycles. The Morgan fingerprint density at radius 1 is 1.13 bits per heavy atom. The van der Waals surface area contributed by atoms with E-state index in [1.165, 1.54) is 7.11 Å². The van der Waals surface area contributed by atoms with Crippen LogP contribution in [0.15, 0.2) is 42.5 Å². The minimum atomic E-state index is -0.426. The van der Waals surface area contributed by atoms with Crippen LogP contribution < -0.4 is 20.3 Å². The average molecular weight is 444 g/mol. The van der Waals surface area contributed by atoms with Gasteiger partial charge in [-0.05, 0) is 55.5 Å². The van der Waals surface area contributed by atoms with Crippen LogP contribution in [-0.2, 0) is 9.47 Å². The quantitative estimate of drug-likeness (QED) is 0.521. The van der Waals surface area contributed by atoms with Gasteiger partial charge in [-0.2, -0.15) is 0 Å². The summed E-state index contributed by atoms with van der Waals surface area (Å²) in [5, 5.41) is 5.83. The molecule has 0 atom stereocenters. The van der Waals surface area contributed by atoms with Crippen molar-refractivity contribution in [2.45, 2.75) is 6.92 Å². The van der Waals surface area contributed by atoms with Crippen molar-refractivity contribution >= 4 is 40.6 Å². The Morgan fingerprint density at radius 3 is 2.61 bits per heavy atom. The SMILES string of the molecule is CCOC(=O)c1ccc(N2CCOCC2)c(NC(=S)NC(=O)c2cccc(OC)c2)c1. The summed E-state index contributed by atoms with van der Waals surface area (Å²) in [6, 6.07) is 12.0. The number of morpholine rings is 1. The number of thiocarbonyl (C=S) groups is 1. The number of nitrogens with one attached hydrogen (secondary N) is 2. The Hall–Kier alpha value is -3.17. The number of anilines is 2. The Bertz CT molecular complexity index is 960. The van der Waals surface area contributed by atoms with Crippen molar-refractivity contribution in [2.75, 3.05) is 50.2 Å². The molecule has 8 nitrogen and oxygen atoms in total. The van der Waals surface area contributed by atoms with Crippen LogP contribution in [0.5, 0.6) is 5.75 Å². The summed E-state index contributed by atoms with van der Waals surface area (Å²) in [6.45, 7) is 4.66. The molecule has 0 aliphatic carbocycles. The number of methoxy groups -OCH3 is 1. The van der Waals surface area contributed by atoms with Gasteiger partial charge in [-0.1, -0.05) is 6.07 Å². The maximum atomic E-state index is 12.6.